The molecule has 0 bridgehead atoms. The van der Waals surface area contributed by atoms with Gasteiger partial charge in [0, 0.05) is 11.9 Å². The highest BCUT2D eigenvalue weighted by atomic mass is 32.2. The Morgan fingerprint density at radius 3 is 2.53 bits per heavy atom. The first-order chi connectivity index (χ1) is 15.4. The van der Waals surface area contributed by atoms with Crippen LogP contribution in [0, 0.1) is 0 Å². The Bertz CT molecular complexity index is 1340. The van der Waals surface area contributed by atoms with Crippen LogP contribution < -0.4 is 10.5 Å². The number of fused-ring (bicyclic) bond motifs is 1. The van der Waals surface area contributed by atoms with E-state index in [2.05, 4.69) is 10.3 Å². The number of thioether (sulfide) groups is 1. The second-order valence-corrected chi connectivity index (χ2v) is 10.4. The summed E-state index contributed by atoms with van der Waals surface area (Å²) in [6.07, 6.45) is 0.584. The molecule has 0 fully saturated rings. The maximum atomic E-state index is 12.4. The monoisotopic (exact) mass is 484 g/mol. The smallest absolute Gasteiger partial charge is 0.238 e. The van der Waals surface area contributed by atoms with Gasteiger partial charge in [-0.1, -0.05) is 48.2 Å². The third kappa shape index (κ3) is 5.52. The molecule has 10 heteroatoms. The summed E-state index contributed by atoms with van der Waals surface area (Å²) in [5.74, 6) is 0.788. The second kappa shape index (κ2) is 9.78. The third-order valence-corrected chi connectivity index (χ3v) is 7.42. The molecule has 4 aromatic rings. The summed E-state index contributed by atoms with van der Waals surface area (Å²) < 4.78 is 22.6. The van der Waals surface area contributed by atoms with Crippen LogP contribution in [0.5, 0.6) is 0 Å². The average molecular weight is 485 g/mol. The minimum Gasteiger partial charge on any atom is -0.355 e. The number of nitrogens with one attached hydrogen (secondary N) is 1. The number of sulfonamides is 1. The number of rotatable bonds is 8. The molecule has 2 aromatic carbocycles. The highest BCUT2D eigenvalue weighted by Gasteiger charge is 2.12. The number of carbonyl (C=O) groups excluding carboxylic acids is 1. The van der Waals surface area contributed by atoms with Gasteiger partial charge in [-0.15, -0.1) is 11.3 Å². The number of nitrogens with zero attached hydrogens (tertiary/aromatic N) is 2. The van der Waals surface area contributed by atoms with Gasteiger partial charge in [0.25, 0.3) is 0 Å². The molecule has 3 N–H and O–H groups in total. The van der Waals surface area contributed by atoms with Gasteiger partial charge in [-0.05, 0) is 41.6 Å². The fourth-order valence-electron chi connectivity index (χ4n) is 3.05. The van der Waals surface area contributed by atoms with Crippen molar-refractivity contribution in [3.8, 4) is 10.7 Å². The van der Waals surface area contributed by atoms with E-state index in [-0.39, 0.29) is 16.6 Å². The van der Waals surface area contributed by atoms with Gasteiger partial charge in [-0.25, -0.2) is 23.5 Å². The molecule has 2 heterocycles. The van der Waals surface area contributed by atoms with Crippen LogP contribution in [-0.4, -0.2) is 36.6 Å². The number of thiophene rings is 1. The van der Waals surface area contributed by atoms with Gasteiger partial charge in [0.1, 0.15) is 5.03 Å². The topological polar surface area (TPSA) is 115 Å². The van der Waals surface area contributed by atoms with Crippen molar-refractivity contribution in [1.29, 1.82) is 0 Å². The number of amides is 1. The van der Waals surface area contributed by atoms with Crippen LogP contribution in [0.1, 0.15) is 5.56 Å². The van der Waals surface area contributed by atoms with E-state index in [9.17, 15) is 13.2 Å². The molecule has 7 nitrogen and oxygen atoms in total. The standard InChI is InChI=1S/C22H20N4O3S3/c23-32(28,29)16-9-7-15(8-10-16)11-12-24-20(27)14-31-22-17-4-1-2-5-18(17)25-21(26-22)19-6-3-13-30-19/h1-10,13H,11-12,14H2,(H,24,27)(H2,23,28,29). The average Bonchev–Trinajstić information content (AvgIpc) is 3.32. The number of para-hydroxylation sites is 1. The van der Waals surface area contributed by atoms with Crippen molar-refractivity contribution >= 4 is 49.9 Å². The van der Waals surface area contributed by atoms with E-state index in [1.165, 1.54) is 23.9 Å². The van der Waals surface area contributed by atoms with E-state index in [4.69, 9.17) is 10.1 Å². The molecule has 0 spiro atoms. The van der Waals surface area contributed by atoms with Crippen molar-refractivity contribution in [3.05, 3.63) is 71.6 Å². The minimum atomic E-state index is -3.70. The van der Waals surface area contributed by atoms with Gasteiger partial charge in [-0.3, -0.25) is 4.79 Å². The number of hydrogen-bond donors (Lipinski definition) is 2. The zero-order valence-corrected chi connectivity index (χ0v) is 19.3. The van der Waals surface area contributed by atoms with E-state index in [0.717, 1.165) is 26.4 Å². The number of nitrogens with two attached hydrogens (primary N) is 1. The van der Waals surface area contributed by atoms with Gasteiger partial charge >= 0.3 is 0 Å². The molecule has 0 aliphatic rings. The van der Waals surface area contributed by atoms with Crippen molar-refractivity contribution < 1.29 is 13.2 Å². The summed E-state index contributed by atoms with van der Waals surface area (Å²) in [6.45, 7) is 0.444. The van der Waals surface area contributed by atoms with Crippen LogP contribution >= 0.6 is 23.1 Å². The lowest BCUT2D eigenvalue weighted by Crippen LogP contribution is -2.27. The predicted molar refractivity (Wildman–Crippen MR) is 128 cm³/mol. The first kappa shape index (κ1) is 22.4. The van der Waals surface area contributed by atoms with Gasteiger partial charge in [0.15, 0.2) is 5.82 Å². The van der Waals surface area contributed by atoms with Gasteiger partial charge in [0.2, 0.25) is 15.9 Å². The van der Waals surface area contributed by atoms with Gasteiger partial charge in [0.05, 0.1) is 21.0 Å². The number of primary sulfonamides is 1. The SMILES string of the molecule is NS(=O)(=O)c1ccc(CCNC(=O)CSc2nc(-c3cccs3)nc3ccccc23)cc1. The highest BCUT2D eigenvalue weighted by Crippen LogP contribution is 2.29. The van der Waals surface area contributed by atoms with Crippen molar-refractivity contribution in [1.82, 2.24) is 15.3 Å². The summed E-state index contributed by atoms with van der Waals surface area (Å²) in [4.78, 5) is 22.8. The normalized spacial score (nSPS) is 11.5. The number of benzene rings is 2. The number of carbonyl (C=O) groups is 1. The molecule has 164 valence electrons. The van der Waals surface area contributed by atoms with Crippen molar-refractivity contribution in [2.24, 2.45) is 5.14 Å². The third-order valence-electron chi connectivity index (χ3n) is 4.64. The molecular weight excluding hydrogens is 464 g/mol. The summed E-state index contributed by atoms with van der Waals surface area (Å²) in [5.41, 5.74) is 1.75. The second-order valence-electron chi connectivity index (χ2n) is 6.92. The minimum absolute atomic E-state index is 0.0701. The van der Waals surface area contributed by atoms with Crippen LogP contribution in [0.2, 0.25) is 0 Å². The molecule has 0 aliphatic carbocycles. The molecule has 0 saturated carbocycles. The van der Waals surface area contributed by atoms with Crippen LogP contribution in [-0.2, 0) is 21.2 Å². The Balaban J connectivity index is 1.37. The summed E-state index contributed by atoms with van der Waals surface area (Å²) in [7, 11) is -3.70. The lowest BCUT2D eigenvalue weighted by Gasteiger charge is -2.09. The molecule has 0 unspecified atom stereocenters. The Kier molecular flexibility index (Phi) is 6.85. The fraction of sp³-hybridized carbons (Fsp3) is 0.136. The Labute approximate surface area is 194 Å². The van der Waals surface area contributed by atoms with Crippen LogP contribution in [0.4, 0.5) is 0 Å². The van der Waals surface area contributed by atoms with Crippen LogP contribution in [0.15, 0.2) is 76.0 Å². The molecule has 2 aromatic heterocycles. The molecule has 0 aliphatic heterocycles. The molecule has 0 atom stereocenters. The lowest BCUT2D eigenvalue weighted by molar-refractivity contribution is -0.118. The van der Waals surface area contributed by atoms with E-state index in [0.29, 0.717) is 18.8 Å². The maximum absolute atomic E-state index is 12.4. The number of aromatic nitrogens is 2. The Morgan fingerprint density at radius 2 is 1.81 bits per heavy atom. The maximum Gasteiger partial charge on any atom is 0.238 e. The zero-order valence-electron chi connectivity index (χ0n) is 16.9. The Morgan fingerprint density at radius 1 is 1.03 bits per heavy atom. The van der Waals surface area contributed by atoms with Crippen LogP contribution in [0.25, 0.3) is 21.6 Å². The van der Waals surface area contributed by atoms with E-state index in [1.807, 2.05) is 41.8 Å². The quantitative estimate of drug-likeness (QED) is 0.292. The molecular formula is C22H20N4O3S3. The van der Waals surface area contributed by atoms with E-state index < -0.39 is 10.0 Å². The first-order valence-electron chi connectivity index (χ1n) is 9.72. The van der Waals surface area contributed by atoms with Crippen molar-refractivity contribution in [2.75, 3.05) is 12.3 Å². The predicted octanol–water partition coefficient (Wildman–Crippen LogP) is 3.46. The molecule has 32 heavy (non-hydrogen) atoms. The first-order valence-corrected chi connectivity index (χ1v) is 13.1. The summed E-state index contributed by atoms with van der Waals surface area (Å²) in [5, 5.41) is 11.7. The molecule has 0 saturated heterocycles. The molecule has 1 amide bonds. The zero-order chi connectivity index (χ0) is 22.6. The molecule has 0 radical (unpaired) electrons. The summed E-state index contributed by atoms with van der Waals surface area (Å²) >= 11 is 2.96. The Hall–Kier alpha value is -2.79. The van der Waals surface area contributed by atoms with Crippen molar-refractivity contribution in [3.63, 3.8) is 0 Å². The lowest BCUT2D eigenvalue weighted by atomic mass is 10.1. The van der Waals surface area contributed by atoms with Gasteiger partial charge < -0.3 is 5.32 Å². The van der Waals surface area contributed by atoms with E-state index in [1.54, 1.807) is 23.5 Å². The molecule has 4 rings (SSSR count). The largest absolute Gasteiger partial charge is 0.355 e. The van der Waals surface area contributed by atoms with Crippen molar-refractivity contribution in [2.45, 2.75) is 16.3 Å². The fourth-order valence-corrected chi connectivity index (χ4v) is 5.07. The van der Waals surface area contributed by atoms with Crippen LogP contribution in [0.3, 0.4) is 0 Å². The highest BCUT2D eigenvalue weighted by molar-refractivity contribution is 8.00. The summed E-state index contributed by atoms with van der Waals surface area (Å²) in [6, 6.07) is 18.0. The van der Waals surface area contributed by atoms with Gasteiger partial charge in [-0.2, -0.15) is 0 Å². The number of hydrogen-bond acceptors (Lipinski definition) is 7. The van der Waals surface area contributed by atoms with E-state index >= 15 is 0 Å².